The van der Waals surface area contributed by atoms with Gasteiger partial charge in [-0.3, -0.25) is 4.79 Å². The van der Waals surface area contributed by atoms with Crippen molar-refractivity contribution in [2.45, 2.75) is 19.3 Å². The number of allylic oxidation sites excluding steroid dienone is 2. The van der Waals surface area contributed by atoms with E-state index >= 15 is 0 Å². The summed E-state index contributed by atoms with van der Waals surface area (Å²) in [6, 6.07) is 6.48. The number of esters is 1. The van der Waals surface area contributed by atoms with Gasteiger partial charge in [-0.1, -0.05) is 12.1 Å². The summed E-state index contributed by atoms with van der Waals surface area (Å²) >= 11 is 0. The first kappa shape index (κ1) is 12.4. The molecule has 0 bridgehead atoms. The molecule has 1 aliphatic carbocycles. The van der Waals surface area contributed by atoms with Gasteiger partial charge in [0.25, 0.3) is 0 Å². The van der Waals surface area contributed by atoms with Gasteiger partial charge in [0.1, 0.15) is 5.76 Å². The minimum Gasteiger partial charge on any atom is -0.512 e. The summed E-state index contributed by atoms with van der Waals surface area (Å²) in [5.41, 5.74) is 1.44. The van der Waals surface area contributed by atoms with Gasteiger partial charge in [-0.05, 0) is 24.1 Å². The first-order valence-corrected chi connectivity index (χ1v) is 5.77. The molecule has 1 aliphatic rings. The third kappa shape index (κ3) is 2.27. The summed E-state index contributed by atoms with van der Waals surface area (Å²) in [7, 11) is 1.31. The molecule has 1 N–H and O–H groups in total. The van der Waals surface area contributed by atoms with Crippen molar-refractivity contribution >= 4 is 17.3 Å². The van der Waals surface area contributed by atoms with Gasteiger partial charge >= 0.3 is 5.97 Å². The Bertz CT molecular complexity index is 511. The molecule has 0 atom stereocenters. The van der Waals surface area contributed by atoms with E-state index in [1.54, 1.807) is 24.3 Å². The molecule has 0 saturated heterocycles. The monoisotopic (exact) mass is 246 g/mol. The van der Waals surface area contributed by atoms with Crippen molar-refractivity contribution in [3.63, 3.8) is 0 Å². The largest absolute Gasteiger partial charge is 0.512 e. The summed E-state index contributed by atoms with van der Waals surface area (Å²) in [5.74, 6) is -0.337. The predicted octanol–water partition coefficient (Wildman–Crippen LogP) is 2.50. The molecule has 2 rings (SSSR count). The summed E-state index contributed by atoms with van der Waals surface area (Å²) in [5, 5.41) is 9.78. The van der Waals surface area contributed by atoms with Gasteiger partial charge in [0.2, 0.25) is 0 Å². The molecule has 1 aromatic carbocycles. The molecule has 4 nitrogen and oxygen atoms in total. The molecular formula is C14H14O4. The maximum atomic E-state index is 11.8. The van der Waals surface area contributed by atoms with E-state index in [2.05, 4.69) is 4.74 Å². The molecule has 0 spiro atoms. The van der Waals surface area contributed by atoms with Crippen molar-refractivity contribution in [1.82, 2.24) is 0 Å². The fourth-order valence-corrected chi connectivity index (χ4v) is 2.05. The molecule has 0 aliphatic heterocycles. The van der Waals surface area contributed by atoms with E-state index in [4.69, 9.17) is 0 Å². The van der Waals surface area contributed by atoms with Crippen molar-refractivity contribution in [2.24, 2.45) is 0 Å². The van der Waals surface area contributed by atoms with Gasteiger partial charge in [-0.2, -0.15) is 0 Å². The van der Waals surface area contributed by atoms with Crippen LogP contribution in [0.3, 0.4) is 0 Å². The lowest BCUT2D eigenvalue weighted by molar-refractivity contribution is -0.114. The Kier molecular flexibility index (Phi) is 3.46. The van der Waals surface area contributed by atoms with Crippen LogP contribution in [0.2, 0.25) is 0 Å². The molecule has 0 aromatic heterocycles. The Morgan fingerprint density at radius 1 is 1.22 bits per heavy atom. The van der Waals surface area contributed by atoms with Gasteiger partial charge in [0.05, 0.1) is 18.2 Å². The molecule has 0 fully saturated rings. The van der Waals surface area contributed by atoms with E-state index in [-0.39, 0.29) is 11.5 Å². The summed E-state index contributed by atoms with van der Waals surface area (Å²) in [4.78, 5) is 23.0. The Balaban J connectivity index is 2.35. The Labute approximate surface area is 105 Å². The van der Waals surface area contributed by atoms with Crippen molar-refractivity contribution in [3.8, 4) is 0 Å². The number of hydrogen-bond donors (Lipinski definition) is 1. The number of aliphatic hydroxyl groups is 1. The second kappa shape index (κ2) is 5.04. The summed E-state index contributed by atoms with van der Waals surface area (Å²) in [6.45, 7) is 0. The number of hydrogen-bond acceptors (Lipinski definition) is 4. The van der Waals surface area contributed by atoms with Crippen LogP contribution in [-0.2, 0) is 9.53 Å². The highest BCUT2D eigenvalue weighted by Gasteiger charge is 2.21. The molecule has 4 heteroatoms. The number of Topliss-reactive ketones (excluding diaryl/α,β-unsaturated/α-hetero) is 1. The van der Waals surface area contributed by atoms with Crippen LogP contribution < -0.4 is 0 Å². The number of benzene rings is 1. The van der Waals surface area contributed by atoms with Crippen LogP contribution in [0.5, 0.6) is 0 Å². The number of methoxy groups -OCH3 is 1. The zero-order valence-corrected chi connectivity index (χ0v) is 10.1. The number of ether oxygens (including phenoxy) is 1. The van der Waals surface area contributed by atoms with Gasteiger partial charge in [0, 0.05) is 12.8 Å². The van der Waals surface area contributed by atoms with Crippen LogP contribution in [-0.4, -0.2) is 24.0 Å². The van der Waals surface area contributed by atoms with E-state index < -0.39 is 5.97 Å². The van der Waals surface area contributed by atoms with E-state index in [0.717, 1.165) is 0 Å². The first-order chi connectivity index (χ1) is 8.63. The highest BCUT2D eigenvalue weighted by Crippen LogP contribution is 2.28. The topological polar surface area (TPSA) is 63.6 Å². The Morgan fingerprint density at radius 3 is 2.44 bits per heavy atom. The van der Waals surface area contributed by atoms with E-state index in [9.17, 15) is 14.7 Å². The maximum Gasteiger partial charge on any atom is 0.337 e. The van der Waals surface area contributed by atoms with E-state index in [1.165, 1.54) is 7.11 Å². The number of carbonyl (C=O) groups excluding carboxylic acids is 2. The Morgan fingerprint density at radius 2 is 1.89 bits per heavy atom. The van der Waals surface area contributed by atoms with Gasteiger partial charge in [-0.25, -0.2) is 4.79 Å². The van der Waals surface area contributed by atoms with E-state index in [1.807, 2.05) is 0 Å². The minimum absolute atomic E-state index is 0.0513. The molecule has 1 aromatic rings. The smallest absolute Gasteiger partial charge is 0.337 e. The third-order valence-electron chi connectivity index (χ3n) is 2.98. The highest BCUT2D eigenvalue weighted by atomic mass is 16.5. The van der Waals surface area contributed by atoms with Gasteiger partial charge in [0.15, 0.2) is 5.78 Å². The normalized spacial score (nSPS) is 15.7. The molecule has 0 unspecified atom stereocenters. The molecular weight excluding hydrogens is 232 g/mol. The molecule has 0 saturated carbocycles. The van der Waals surface area contributed by atoms with Gasteiger partial charge in [-0.15, -0.1) is 0 Å². The molecule has 0 amide bonds. The second-order valence-corrected chi connectivity index (χ2v) is 4.17. The standard InChI is InChI=1S/C14H14O4/c1-18-14(17)10-7-5-9(6-8-10)13-11(15)3-2-4-12(13)16/h5-8,15H,2-4H2,1H3. The third-order valence-corrected chi connectivity index (χ3v) is 2.98. The average molecular weight is 246 g/mol. The average Bonchev–Trinajstić information content (AvgIpc) is 2.38. The minimum atomic E-state index is -0.422. The predicted molar refractivity (Wildman–Crippen MR) is 66.2 cm³/mol. The Hall–Kier alpha value is -2.10. The van der Waals surface area contributed by atoms with Crippen LogP contribution >= 0.6 is 0 Å². The lowest BCUT2D eigenvalue weighted by atomic mass is 9.90. The van der Waals surface area contributed by atoms with Crippen molar-refractivity contribution in [1.29, 1.82) is 0 Å². The summed E-state index contributed by atoms with van der Waals surface area (Å²) in [6.07, 6.45) is 1.67. The quantitative estimate of drug-likeness (QED) is 0.814. The zero-order chi connectivity index (χ0) is 13.1. The zero-order valence-electron chi connectivity index (χ0n) is 10.1. The number of aliphatic hydroxyl groups excluding tert-OH is 1. The van der Waals surface area contributed by atoms with Crippen LogP contribution in [0, 0.1) is 0 Å². The van der Waals surface area contributed by atoms with Crippen molar-refractivity contribution in [2.75, 3.05) is 7.11 Å². The van der Waals surface area contributed by atoms with Crippen LogP contribution in [0.4, 0.5) is 0 Å². The molecule has 0 heterocycles. The first-order valence-electron chi connectivity index (χ1n) is 5.77. The van der Waals surface area contributed by atoms with Crippen molar-refractivity contribution < 1.29 is 19.4 Å². The lowest BCUT2D eigenvalue weighted by Gasteiger charge is -2.15. The van der Waals surface area contributed by atoms with Crippen LogP contribution in [0.15, 0.2) is 30.0 Å². The van der Waals surface area contributed by atoms with Crippen LogP contribution in [0.25, 0.3) is 5.57 Å². The molecule has 18 heavy (non-hydrogen) atoms. The number of ketones is 1. The molecule has 94 valence electrons. The SMILES string of the molecule is COC(=O)c1ccc(C2=C(O)CCCC2=O)cc1. The second-order valence-electron chi connectivity index (χ2n) is 4.17. The van der Waals surface area contributed by atoms with E-state index in [0.29, 0.717) is 36.0 Å². The lowest BCUT2D eigenvalue weighted by Crippen LogP contribution is -2.11. The van der Waals surface area contributed by atoms with Crippen molar-refractivity contribution in [3.05, 3.63) is 41.2 Å². The number of carbonyl (C=O) groups is 2. The fourth-order valence-electron chi connectivity index (χ4n) is 2.05. The highest BCUT2D eigenvalue weighted by molar-refractivity contribution is 6.21. The maximum absolute atomic E-state index is 11.8. The fraction of sp³-hybridized carbons (Fsp3) is 0.286. The van der Waals surface area contributed by atoms with Gasteiger partial charge < -0.3 is 9.84 Å². The number of rotatable bonds is 2. The molecule has 0 radical (unpaired) electrons. The van der Waals surface area contributed by atoms with Crippen LogP contribution in [0.1, 0.15) is 35.2 Å². The summed E-state index contributed by atoms with van der Waals surface area (Å²) < 4.78 is 4.60.